The van der Waals surface area contributed by atoms with Crippen molar-refractivity contribution >= 4 is 11.9 Å². The molecule has 1 atom stereocenters. The Morgan fingerprint density at radius 1 is 1.70 bits per heavy atom. The van der Waals surface area contributed by atoms with Crippen LogP contribution in [0.15, 0.2) is 0 Å². The lowest BCUT2D eigenvalue weighted by molar-refractivity contribution is -0.138. The molecule has 0 bridgehead atoms. The van der Waals surface area contributed by atoms with Crippen molar-refractivity contribution in [2.75, 3.05) is 0 Å². The van der Waals surface area contributed by atoms with Gasteiger partial charge < -0.3 is 16.6 Å². The molecule has 1 amide bonds. The first-order valence-electron chi connectivity index (χ1n) is 3.27. The molecule has 0 radical (unpaired) electrons. The summed E-state index contributed by atoms with van der Waals surface area (Å²) in [7, 11) is 0. The standard InChI is InChI=1S/C5H10N2O3/c6-3(5(9)10)1-2-4(7)8/h3H,1-2,6H2,(H2,7,8)(H,9,10)/t3-/m0/s1/i7+1/hD. The minimum atomic E-state index is -1.14. The van der Waals surface area contributed by atoms with Gasteiger partial charge in [-0.25, -0.2) is 0 Å². The van der Waals surface area contributed by atoms with Gasteiger partial charge in [0.15, 0.2) is 1.41 Å². The number of carboxylic acid groups (broad SMARTS) is 1. The number of aliphatic carboxylic acids is 1. The molecule has 0 fully saturated rings. The molecule has 0 aliphatic rings. The Balaban J connectivity index is 3.54. The van der Waals surface area contributed by atoms with Gasteiger partial charge in [0.25, 0.3) is 0 Å². The Morgan fingerprint density at radius 2 is 2.30 bits per heavy atom. The van der Waals surface area contributed by atoms with E-state index in [1.165, 1.54) is 0 Å². The van der Waals surface area contributed by atoms with Crippen LogP contribution < -0.4 is 11.5 Å². The van der Waals surface area contributed by atoms with E-state index >= 15 is 0 Å². The van der Waals surface area contributed by atoms with Crippen molar-refractivity contribution in [2.45, 2.75) is 18.9 Å². The zero-order valence-corrected chi connectivity index (χ0v) is 5.33. The van der Waals surface area contributed by atoms with Crippen LogP contribution in [0.25, 0.3) is 0 Å². The smallest absolute Gasteiger partial charge is 0.320 e. The van der Waals surface area contributed by atoms with E-state index in [2.05, 4.69) is 0 Å². The summed E-state index contributed by atoms with van der Waals surface area (Å²) in [5.41, 5.74) is 6.70. The molecule has 0 aromatic heterocycles. The van der Waals surface area contributed by atoms with Crippen LogP contribution in [0.1, 0.15) is 12.8 Å². The number of carboxylic acids is 1. The van der Waals surface area contributed by atoms with Crippen LogP contribution in [0.5, 0.6) is 0 Å². The van der Waals surface area contributed by atoms with Crippen LogP contribution in [0.2, 0.25) is 1.41 Å². The molecule has 0 aliphatic carbocycles. The monoisotopic (exact) mass is 148 g/mol. The highest BCUT2D eigenvalue weighted by Gasteiger charge is 2.11. The van der Waals surface area contributed by atoms with Crippen molar-refractivity contribution in [3.05, 3.63) is 0 Å². The first kappa shape index (κ1) is 7.01. The van der Waals surface area contributed by atoms with E-state index in [1.54, 1.807) is 5.73 Å². The molecule has 58 valence electrons. The SMILES string of the molecule is [2H][15NH]C(=O)CC[C@H](N)C(=O)O. The topological polar surface area (TPSA) is 106 Å². The molecule has 5 heteroatoms. The first-order chi connectivity index (χ1) is 5.07. The quantitative estimate of drug-likeness (QED) is 0.429. The van der Waals surface area contributed by atoms with Gasteiger partial charge >= 0.3 is 5.97 Å². The van der Waals surface area contributed by atoms with Crippen LogP contribution in [0, 0.1) is 0 Å². The minimum Gasteiger partial charge on any atom is -0.480 e. The van der Waals surface area contributed by atoms with Gasteiger partial charge in [0.1, 0.15) is 6.04 Å². The average molecular weight is 148 g/mol. The normalized spacial score (nSPS) is 13.5. The summed E-state index contributed by atoms with van der Waals surface area (Å²) in [6.45, 7) is 0. The van der Waals surface area contributed by atoms with Crippen LogP contribution in [0.3, 0.4) is 0 Å². The fourth-order valence-electron chi connectivity index (χ4n) is 0.410. The molecule has 5 N–H and O–H groups in total. The van der Waals surface area contributed by atoms with Gasteiger partial charge in [-0.1, -0.05) is 0 Å². The average Bonchev–Trinajstić information content (AvgIpc) is 1.99. The summed E-state index contributed by atoms with van der Waals surface area (Å²) >= 11 is 0. The molecule has 0 unspecified atom stereocenters. The summed E-state index contributed by atoms with van der Waals surface area (Å²) in [6.07, 6.45) is 0.0248. The van der Waals surface area contributed by atoms with Crippen molar-refractivity contribution in [3.8, 4) is 0 Å². The van der Waals surface area contributed by atoms with Gasteiger partial charge in [-0.05, 0) is 6.42 Å². The maximum atomic E-state index is 10.4. The molecule has 10 heavy (non-hydrogen) atoms. The molecule has 0 heterocycles. The minimum absolute atomic E-state index is 0.0308. The summed E-state index contributed by atoms with van der Waals surface area (Å²) in [5, 5.41) is 8.26. The second-order valence-corrected chi connectivity index (χ2v) is 1.91. The third-order valence-corrected chi connectivity index (χ3v) is 1.000. The molecule has 5 nitrogen and oxygen atoms in total. The van der Waals surface area contributed by atoms with E-state index in [0.29, 0.717) is 0 Å². The second-order valence-electron chi connectivity index (χ2n) is 1.91. The number of rotatable bonds is 4. The van der Waals surface area contributed by atoms with E-state index in [4.69, 9.17) is 12.3 Å². The van der Waals surface area contributed by atoms with E-state index in [1.807, 2.05) is 0 Å². The van der Waals surface area contributed by atoms with Gasteiger partial charge in [-0.2, -0.15) is 0 Å². The lowest BCUT2D eigenvalue weighted by Crippen LogP contribution is -2.31. The summed E-state index contributed by atoms with van der Waals surface area (Å²) in [4.78, 5) is 20.5. The van der Waals surface area contributed by atoms with Gasteiger partial charge in [-0.3, -0.25) is 9.59 Å². The summed E-state index contributed by atoms with van der Waals surface area (Å²) in [5.74, 6) is -1.66. The van der Waals surface area contributed by atoms with Gasteiger partial charge in [0.05, 0.1) is 0 Å². The maximum absolute atomic E-state index is 10.4. The van der Waals surface area contributed by atoms with Crippen molar-refractivity contribution in [1.82, 2.24) is 0 Å². The highest BCUT2D eigenvalue weighted by molar-refractivity contribution is 5.76. The third-order valence-electron chi connectivity index (χ3n) is 1.000. The van der Waals surface area contributed by atoms with Crippen molar-refractivity contribution in [1.29, 1.82) is 0 Å². The molecular formula is C5H10N2O3. The molecule has 0 aromatic rings. The van der Waals surface area contributed by atoms with Crippen LogP contribution >= 0.6 is 0 Å². The van der Waals surface area contributed by atoms with Gasteiger partial charge in [0, 0.05) is 6.42 Å². The lowest BCUT2D eigenvalue weighted by atomic mass is 10.2. The van der Waals surface area contributed by atoms with Crippen LogP contribution in [0.4, 0.5) is 0 Å². The molecule has 0 aromatic carbocycles. The number of carbonyl (C=O) groups is 2. The molecule has 0 saturated carbocycles. The highest BCUT2D eigenvalue weighted by Crippen LogP contribution is 1.92. The Morgan fingerprint density at radius 3 is 2.70 bits per heavy atom. The van der Waals surface area contributed by atoms with Crippen molar-refractivity contribution < 1.29 is 16.1 Å². The lowest BCUT2D eigenvalue weighted by Gasteiger charge is -2.01. The Kier molecular flexibility index (Phi) is 2.69. The number of carbonyl (C=O) groups excluding carboxylic acids is 1. The molecular weight excluding hydrogens is 137 g/mol. The number of nitrogens with two attached hydrogens (primary N) is 2. The Labute approximate surface area is 59.5 Å². The zero-order chi connectivity index (χ0) is 8.85. The zero-order valence-electron chi connectivity index (χ0n) is 6.33. The maximum Gasteiger partial charge on any atom is 0.320 e. The van der Waals surface area contributed by atoms with E-state index in [0.717, 1.165) is 0 Å². The first-order valence-corrected chi connectivity index (χ1v) is 2.77. The van der Waals surface area contributed by atoms with Crippen molar-refractivity contribution in [3.63, 3.8) is 0 Å². The predicted molar refractivity (Wildman–Crippen MR) is 34.0 cm³/mol. The number of primary amides is 1. The predicted octanol–water partition coefficient (Wildman–Crippen LogP) is -1.34. The van der Waals surface area contributed by atoms with Crippen molar-refractivity contribution in [2.24, 2.45) is 11.5 Å². The summed E-state index contributed by atoms with van der Waals surface area (Å²) in [6, 6.07) is -1.02. The van der Waals surface area contributed by atoms with Gasteiger partial charge in [0.2, 0.25) is 5.91 Å². The molecule has 0 aliphatic heterocycles. The van der Waals surface area contributed by atoms with E-state index in [9.17, 15) is 9.59 Å². The number of hydrogen-bond acceptors (Lipinski definition) is 3. The fourth-order valence-corrected chi connectivity index (χ4v) is 0.410. The summed E-state index contributed by atoms with van der Waals surface area (Å²) < 4.78 is 6.37. The van der Waals surface area contributed by atoms with Gasteiger partial charge in [-0.15, -0.1) is 0 Å². The third kappa shape index (κ3) is 3.85. The molecule has 0 saturated heterocycles. The molecule has 0 rings (SSSR count). The fraction of sp³-hybridized carbons (Fsp3) is 0.600. The number of hydrogen-bond donors (Lipinski definition) is 3. The Bertz CT molecular complexity index is 162. The van der Waals surface area contributed by atoms with Crippen LogP contribution in [-0.4, -0.2) is 23.0 Å². The Hall–Kier alpha value is -1.10. The largest absolute Gasteiger partial charge is 0.480 e. The van der Waals surface area contributed by atoms with E-state index in [-0.39, 0.29) is 12.8 Å². The van der Waals surface area contributed by atoms with Crippen LogP contribution in [-0.2, 0) is 9.59 Å². The second kappa shape index (κ2) is 3.84. The highest BCUT2D eigenvalue weighted by atomic mass is 16.4. The molecule has 0 spiro atoms. The van der Waals surface area contributed by atoms with E-state index < -0.39 is 17.9 Å². The number of amides is 1.